The standard InChI is InChI=1S/C32H28O4S/c1-19-5-9-25(13-21(19)3)29(33)15-23-7-11-27-28-12-8-24(18-32(28)37(35,36)31(27)17-23)16-30(34)26-10-6-20(2)22(4)14-26/h5-14,17-18H,15-16H2,1-4H3. The van der Waals surface area contributed by atoms with E-state index in [1.165, 1.54) is 0 Å². The van der Waals surface area contributed by atoms with Gasteiger partial charge >= 0.3 is 0 Å². The van der Waals surface area contributed by atoms with Gasteiger partial charge in [-0.1, -0.05) is 48.5 Å². The van der Waals surface area contributed by atoms with E-state index in [9.17, 15) is 18.0 Å². The molecule has 4 nitrogen and oxygen atoms in total. The molecule has 0 unspecified atom stereocenters. The molecule has 0 aliphatic carbocycles. The fraction of sp³-hybridized carbons (Fsp3) is 0.188. The summed E-state index contributed by atoms with van der Waals surface area (Å²) in [6.07, 6.45) is 0.245. The van der Waals surface area contributed by atoms with Crippen LogP contribution in [-0.4, -0.2) is 20.0 Å². The summed E-state index contributed by atoms with van der Waals surface area (Å²) in [5.74, 6) is -0.105. The highest BCUT2D eigenvalue weighted by atomic mass is 32.2. The van der Waals surface area contributed by atoms with E-state index in [0.29, 0.717) is 33.4 Å². The zero-order valence-electron chi connectivity index (χ0n) is 21.4. The number of fused-ring (bicyclic) bond motifs is 3. The van der Waals surface area contributed by atoms with Gasteiger partial charge in [0.1, 0.15) is 0 Å². The quantitative estimate of drug-likeness (QED) is 0.243. The first kappa shape index (κ1) is 24.8. The minimum absolute atomic E-state index is 0.0527. The van der Waals surface area contributed by atoms with Crippen molar-refractivity contribution in [2.45, 2.75) is 50.3 Å². The molecule has 0 saturated carbocycles. The normalized spacial score (nSPS) is 13.2. The number of rotatable bonds is 6. The lowest BCUT2D eigenvalue weighted by molar-refractivity contribution is 0.0984. The fourth-order valence-electron chi connectivity index (χ4n) is 4.77. The van der Waals surface area contributed by atoms with E-state index in [0.717, 1.165) is 22.3 Å². The number of Topliss-reactive ketones (excluding diaryl/α,β-unsaturated/α-hetero) is 2. The maximum absolute atomic E-state index is 13.5. The number of hydrogen-bond acceptors (Lipinski definition) is 4. The lowest BCUT2D eigenvalue weighted by atomic mass is 9.96. The van der Waals surface area contributed by atoms with Gasteiger partial charge in [-0.15, -0.1) is 0 Å². The Labute approximate surface area is 217 Å². The molecule has 186 valence electrons. The zero-order chi connectivity index (χ0) is 26.5. The Kier molecular flexibility index (Phi) is 6.20. The van der Waals surface area contributed by atoms with Crippen LogP contribution in [0.1, 0.15) is 54.1 Å². The van der Waals surface area contributed by atoms with Gasteiger partial charge < -0.3 is 0 Å². The van der Waals surface area contributed by atoms with Crippen LogP contribution in [0.25, 0.3) is 11.1 Å². The highest BCUT2D eigenvalue weighted by Gasteiger charge is 2.33. The van der Waals surface area contributed by atoms with Gasteiger partial charge in [0.2, 0.25) is 9.84 Å². The number of aryl methyl sites for hydroxylation is 4. The van der Waals surface area contributed by atoms with Crippen molar-refractivity contribution in [2.75, 3.05) is 0 Å². The number of sulfone groups is 1. The summed E-state index contributed by atoms with van der Waals surface area (Å²) in [6.45, 7) is 7.93. The predicted molar refractivity (Wildman–Crippen MR) is 145 cm³/mol. The topological polar surface area (TPSA) is 68.3 Å². The molecule has 5 rings (SSSR count). The maximum atomic E-state index is 13.5. The number of hydrogen-bond donors (Lipinski definition) is 0. The third kappa shape index (κ3) is 4.56. The molecular weight excluding hydrogens is 480 g/mol. The van der Waals surface area contributed by atoms with Gasteiger partial charge in [0.15, 0.2) is 11.6 Å². The number of ketones is 2. The van der Waals surface area contributed by atoms with E-state index < -0.39 is 9.84 Å². The second kappa shape index (κ2) is 9.24. The van der Waals surface area contributed by atoms with E-state index in [4.69, 9.17) is 0 Å². The van der Waals surface area contributed by atoms with E-state index in [1.54, 1.807) is 24.3 Å². The molecule has 0 bridgehead atoms. The lowest BCUT2D eigenvalue weighted by Gasteiger charge is -2.07. The van der Waals surface area contributed by atoms with Gasteiger partial charge in [0.25, 0.3) is 0 Å². The predicted octanol–water partition coefficient (Wildman–Crippen LogP) is 6.58. The van der Waals surface area contributed by atoms with Gasteiger partial charge in [0.05, 0.1) is 9.79 Å². The van der Waals surface area contributed by atoms with Crippen LogP contribution in [0, 0.1) is 27.7 Å². The largest absolute Gasteiger partial charge is 0.294 e. The minimum atomic E-state index is -3.76. The molecule has 0 aromatic heterocycles. The average Bonchev–Trinajstić information content (AvgIpc) is 3.08. The third-order valence-electron chi connectivity index (χ3n) is 7.35. The number of benzene rings is 4. The van der Waals surface area contributed by atoms with E-state index in [2.05, 4.69) is 0 Å². The Hall–Kier alpha value is -3.83. The molecule has 4 aromatic rings. The summed E-state index contributed by atoms with van der Waals surface area (Å²) in [6, 6.07) is 21.6. The monoisotopic (exact) mass is 508 g/mol. The fourth-order valence-corrected chi connectivity index (χ4v) is 6.55. The van der Waals surface area contributed by atoms with Crippen molar-refractivity contribution >= 4 is 21.4 Å². The molecule has 0 N–H and O–H groups in total. The highest BCUT2D eigenvalue weighted by molar-refractivity contribution is 7.92. The van der Waals surface area contributed by atoms with Crippen LogP contribution in [0.4, 0.5) is 0 Å². The summed E-state index contributed by atoms with van der Waals surface area (Å²) in [7, 11) is -3.76. The van der Waals surface area contributed by atoms with Crippen LogP contribution in [0.5, 0.6) is 0 Å². The van der Waals surface area contributed by atoms with Crippen molar-refractivity contribution in [2.24, 2.45) is 0 Å². The van der Waals surface area contributed by atoms with Crippen LogP contribution in [0.3, 0.4) is 0 Å². The van der Waals surface area contributed by atoms with Gasteiger partial charge in [0, 0.05) is 35.1 Å². The van der Waals surface area contributed by atoms with Crippen molar-refractivity contribution in [3.8, 4) is 11.1 Å². The van der Waals surface area contributed by atoms with Crippen molar-refractivity contribution in [1.29, 1.82) is 0 Å². The second-order valence-corrected chi connectivity index (χ2v) is 11.8. The highest BCUT2D eigenvalue weighted by Crippen LogP contribution is 2.44. The SMILES string of the molecule is Cc1ccc(C(=O)Cc2ccc3c(c2)S(=O)(=O)c2cc(CC(=O)c4ccc(C)c(C)c4)ccc2-3)cc1C. The molecule has 0 saturated heterocycles. The second-order valence-electron chi connectivity index (χ2n) is 9.96. The van der Waals surface area contributed by atoms with Crippen LogP contribution in [0.15, 0.2) is 82.6 Å². The van der Waals surface area contributed by atoms with Crippen LogP contribution in [0.2, 0.25) is 0 Å². The van der Waals surface area contributed by atoms with Gasteiger partial charge in [-0.05, 0) is 85.3 Å². The summed E-state index contributed by atoms with van der Waals surface area (Å²) < 4.78 is 27.0. The molecule has 0 radical (unpaired) electrons. The first-order valence-corrected chi connectivity index (χ1v) is 13.7. The van der Waals surface area contributed by atoms with Crippen molar-refractivity contribution in [1.82, 2.24) is 0 Å². The molecule has 0 spiro atoms. The molecule has 1 aliphatic rings. The van der Waals surface area contributed by atoms with Crippen LogP contribution in [-0.2, 0) is 22.7 Å². The molecule has 4 aromatic carbocycles. The van der Waals surface area contributed by atoms with Gasteiger partial charge in [-0.25, -0.2) is 8.42 Å². The Morgan fingerprint density at radius 1 is 0.541 bits per heavy atom. The lowest BCUT2D eigenvalue weighted by Crippen LogP contribution is -2.06. The molecule has 37 heavy (non-hydrogen) atoms. The molecule has 0 atom stereocenters. The Morgan fingerprint density at radius 3 is 1.32 bits per heavy atom. The molecule has 0 amide bonds. The first-order chi connectivity index (χ1) is 17.5. The summed E-state index contributed by atoms with van der Waals surface area (Å²) in [5.41, 5.74) is 8.14. The zero-order valence-corrected chi connectivity index (χ0v) is 22.2. The maximum Gasteiger partial charge on any atom is 0.207 e. The van der Waals surface area contributed by atoms with Crippen molar-refractivity contribution in [3.05, 3.63) is 117 Å². The summed E-state index contributed by atoms with van der Waals surface area (Å²) in [5, 5.41) is 0. The Bertz CT molecular complexity index is 1590. The Morgan fingerprint density at radius 2 is 0.946 bits per heavy atom. The van der Waals surface area contributed by atoms with E-state index >= 15 is 0 Å². The number of carbonyl (C=O) groups excluding carboxylic acids is 2. The van der Waals surface area contributed by atoms with Crippen LogP contribution >= 0.6 is 0 Å². The molecule has 0 fully saturated rings. The van der Waals surface area contributed by atoms with Gasteiger partial charge in [-0.2, -0.15) is 0 Å². The first-order valence-electron chi connectivity index (χ1n) is 12.3. The Balaban J connectivity index is 1.41. The molecule has 1 heterocycles. The number of carbonyl (C=O) groups is 2. The van der Waals surface area contributed by atoms with Gasteiger partial charge in [-0.3, -0.25) is 9.59 Å². The molecule has 1 aliphatic heterocycles. The minimum Gasteiger partial charge on any atom is -0.294 e. The smallest absolute Gasteiger partial charge is 0.207 e. The van der Waals surface area contributed by atoms with E-state index in [1.807, 2.05) is 76.2 Å². The summed E-state index contributed by atoms with van der Waals surface area (Å²) >= 11 is 0. The average molecular weight is 509 g/mol. The van der Waals surface area contributed by atoms with Crippen molar-refractivity contribution < 1.29 is 18.0 Å². The molecular formula is C32H28O4S. The third-order valence-corrected chi connectivity index (χ3v) is 9.18. The summed E-state index contributed by atoms with van der Waals surface area (Å²) in [4.78, 5) is 26.2. The van der Waals surface area contributed by atoms with E-state index in [-0.39, 0.29) is 34.2 Å². The molecule has 5 heteroatoms. The van der Waals surface area contributed by atoms with Crippen LogP contribution < -0.4 is 0 Å². The van der Waals surface area contributed by atoms with Crippen molar-refractivity contribution in [3.63, 3.8) is 0 Å².